The van der Waals surface area contributed by atoms with Crippen molar-refractivity contribution in [3.8, 4) is 0 Å². The van der Waals surface area contributed by atoms with Crippen molar-refractivity contribution in [2.24, 2.45) is 5.73 Å². The summed E-state index contributed by atoms with van der Waals surface area (Å²) in [7, 11) is 3.38. The number of carboxylic acid groups (broad SMARTS) is 1. The number of thioether (sulfide) groups is 1. The van der Waals surface area contributed by atoms with Gasteiger partial charge in [0.05, 0.1) is 0 Å². The summed E-state index contributed by atoms with van der Waals surface area (Å²) in [6.07, 6.45) is 0. The maximum absolute atomic E-state index is 10.4. The number of hydrogen-bond acceptors (Lipinski definition) is 5. The van der Waals surface area contributed by atoms with Gasteiger partial charge in [-0.2, -0.15) is 0 Å². The number of aliphatic carboxylic acids is 1. The summed E-state index contributed by atoms with van der Waals surface area (Å²) in [5.74, 6) is -0.481. The Hall–Kier alpha value is -0.300. The van der Waals surface area contributed by atoms with Crippen LogP contribution in [0.25, 0.3) is 0 Å². The molecule has 0 heterocycles. The van der Waals surface area contributed by atoms with E-state index >= 15 is 0 Å². The molecule has 1 rings (SSSR count). The second-order valence-corrected chi connectivity index (χ2v) is 6.71. The first kappa shape index (κ1) is 13.8. The molecule has 0 radical (unpaired) electrons. The average Bonchev–Trinajstić information content (AvgIpc) is 2.29. The lowest BCUT2D eigenvalue weighted by Gasteiger charge is -2.05. The van der Waals surface area contributed by atoms with E-state index in [0.29, 0.717) is 5.75 Å². The summed E-state index contributed by atoms with van der Waals surface area (Å²) in [6, 6.07) is 9.31. The van der Waals surface area contributed by atoms with Crippen LogP contribution in [0.5, 0.6) is 0 Å². The van der Waals surface area contributed by atoms with E-state index in [4.69, 9.17) is 10.8 Å². The molecule has 0 aromatic heterocycles. The summed E-state index contributed by atoms with van der Waals surface area (Å²) in [5.41, 5.74) is 5.37. The van der Waals surface area contributed by atoms with E-state index in [2.05, 4.69) is 0 Å². The minimum absolute atomic E-state index is 0.456. The molecule has 16 heavy (non-hydrogen) atoms. The largest absolute Gasteiger partial charge is 0.480 e. The number of hydrogen-bond donors (Lipinski definition) is 2. The Morgan fingerprint density at radius 1 is 1.38 bits per heavy atom. The first-order valence-corrected chi connectivity index (χ1v) is 8.08. The molecular formula is C10H13NO2S3. The van der Waals surface area contributed by atoms with E-state index in [1.807, 2.05) is 30.3 Å². The molecule has 3 N–H and O–H groups in total. The van der Waals surface area contributed by atoms with Gasteiger partial charge in [-0.25, -0.2) is 0 Å². The smallest absolute Gasteiger partial charge is 0.321 e. The molecule has 1 aromatic carbocycles. The van der Waals surface area contributed by atoms with Gasteiger partial charge in [-0.05, 0) is 12.1 Å². The molecule has 0 aliphatic rings. The first-order valence-electron chi connectivity index (χ1n) is 4.61. The van der Waals surface area contributed by atoms with E-state index in [0.717, 1.165) is 5.08 Å². The van der Waals surface area contributed by atoms with Gasteiger partial charge in [-0.1, -0.05) is 39.8 Å². The van der Waals surface area contributed by atoms with Gasteiger partial charge in [-0.3, -0.25) is 4.79 Å². The Bertz CT molecular complexity index is 321. The normalized spacial score (nSPS) is 12.3. The Labute approximate surface area is 107 Å². The quantitative estimate of drug-likeness (QED) is 0.453. The summed E-state index contributed by atoms with van der Waals surface area (Å²) < 4.78 is 0. The van der Waals surface area contributed by atoms with Crippen molar-refractivity contribution in [2.45, 2.75) is 10.9 Å². The van der Waals surface area contributed by atoms with Crippen molar-refractivity contribution >= 4 is 39.3 Å². The molecule has 0 saturated heterocycles. The lowest BCUT2D eigenvalue weighted by molar-refractivity contribution is -0.137. The van der Waals surface area contributed by atoms with Gasteiger partial charge >= 0.3 is 5.97 Å². The van der Waals surface area contributed by atoms with Crippen LogP contribution in [0.2, 0.25) is 0 Å². The minimum atomic E-state index is -0.937. The number of carboxylic acids is 1. The van der Waals surface area contributed by atoms with Crippen molar-refractivity contribution in [2.75, 3.05) is 10.8 Å². The Kier molecular flexibility index (Phi) is 6.79. The van der Waals surface area contributed by atoms with Gasteiger partial charge in [0.2, 0.25) is 0 Å². The third-order valence-corrected chi connectivity index (χ3v) is 5.67. The van der Waals surface area contributed by atoms with Crippen molar-refractivity contribution in [1.82, 2.24) is 0 Å². The predicted octanol–water partition coefficient (Wildman–Crippen LogP) is 2.53. The summed E-state index contributed by atoms with van der Waals surface area (Å²) in [6.45, 7) is 0. The maximum atomic E-state index is 10.4. The van der Waals surface area contributed by atoms with Crippen LogP contribution in [0.1, 0.15) is 0 Å². The van der Waals surface area contributed by atoms with Gasteiger partial charge < -0.3 is 10.8 Å². The zero-order chi connectivity index (χ0) is 11.8. The number of carbonyl (C=O) groups is 1. The molecule has 88 valence electrons. The lowest BCUT2D eigenvalue weighted by atomic mass is 10.4. The molecule has 1 atom stereocenters. The van der Waals surface area contributed by atoms with Crippen LogP contribution in [0.3, 0.4) is 0 Å². The number of benzene rings is 1. The molecule has 0 amide bonds. The van der Waals surface area contributed by atoms with E-state index in [1.165, 1.54) is 4.90 Å². The fourth-order valence-corrected chi connectivity index (χ4v) is 4.29. The summed E-state index contributed by atoms with van der Waals surface area (Å²) in [4.78, 5) is 11.6. The molecule has 0 aliphatic carbocycles. The molecular weight excluding hydrogens is 262 g/mol. The summed E-state index contributed by atoms with van der Waals surface area (Å²) >= 11 is 1.55. The zero-order valence-electron chi connectivity index (χ0n) is 8.54. The molecule has 0 unspecified atom stereocenters. The standard InChI is InChI=1S/C10H13NO2S3/c11-9(10(12)13)6-14-7-15-16-8-4-2-1-3-5-8/h1-5,9H,6-7,11H2,(H,12,13)/t9-/m0/s1. The van der Waals surface area contributed by atoms with E-state index in [-0.39, 0.29) is 0 Å². The highest BCUT2D eigenvalue weighted by Gasteiger charge is 2.10. The molecule has 3 nitrogen and oxygen atoms in total. The highest BCUT2D eigenvalue weighted by atomic mass is 33.1. The van der Waals surface area contributed by atoms with Crippen molar-refractivity contribution in [1.29, 1.82) is 0 Å². The highest BCUT2D eigenvalue weighted by Crippen LogP contribution is 2.33. The molecule has 0 saturated carbocycles. The van der Waals surface area contributed by atoms with Crippen LogP contribution < -0.4 is 5.73 Å². The Balaban J connectivity index is 2.07. The van der Waals surface area contributed by atoms with Crippen molar-refractivity contribution < 1.29 is 9.90 Å². The van der Waals surface area contributed by atoms with Crippen LogP contribution in [-0.2, 0) is 4.79 Å². The van der Waals surface area contributed by atoms with E-state index < -0.39 is 12.0 Å². The van der Waals surface area contributed by atoms with Gasteiger partial charge in [0.1, 0.15) is 6.04 Å². The molecule has 0 fully saturated rings. The van der Waals surface area contributed by atoms with Crippen LogP contribution in [-0.4, -0.2) is 28.0 Å². The third kappa shape index (κ3) is 5.69. The van der Waals surface area contributed by atoms with Gasteiger partial charge in [-0.15, -0.1) is 11.8 Å². The van der Waals surface area contributed by atoms with Gasteiger partial charge in [0.15, 0.2) is 0 Å². The zero-order valence-corrected chi connectivity index (χ0v) is 11.0. The Morgan fingerprint density at radius 3 is 2.69 bits per heavy atom. The van der Waals surface area contributed by atoms with Crippen LogP contribution >= 0.6 is 33.3 Å². The van der Waals surface area contributed by atoms with Crippen LogP contribution in [0, 0.1) is 0 Å². The van der Waals surface area contributed by atoms with Gasteiger partial charge in [0, 0.05) is 15.7 Å². The topological polar surface area (TPSA) is 63.3 Å². The number of nitrogens with two attached hydrogens (primary N) is 1. The average molecular weight is 275 g/mol. The Morgan fingerprint density at radius 2 is 2.06 bits per heavy atom. The third-order valence-electron chi connectivity index (χ3n) is 1.64. The SMILES string of the molecule is N[C@@H](CSCSSc1ccccc1)C(=O)O. The second kappa shape index (κ2) is 7.89. The van der Waals surface area contributed by atoms with Crippen molar-refractivity contribution in [3.63, 3.8) is 0 Å². The molecule has 1 aromatic rings. The fourth-order valence-electron chi connectivity index (χ4n) is 0.849. The monoisotopic (exact) mass is 275 g/mol. The van der Waals surface area contributed by atoms with Gasteiger partial charge in [0.25, 0.3) is 0 Å². The second-order valence-electron chi connectivity index (χ2n) is 2.95. The summed E-state index contributed by atoms with van der Waals surface area (Å²) in [5, 5.41) is 9.40. The number of rotatable bonds is 7. The molecule has 0 bridgehead atoms. The maximum Gasteiger partial charge on any atom is 0.321 e. The minimum Gasteiger partial charge on any atom is -0.480 e. The fraction of sp³-hybridized carbons (Fsp3) is 0.300. The molecule has 0 spiro atoms. The van der Waals surface area contributed by atoms with E-state index in [9.17, 15) is 4.79 Å². The molecule has 6 heteroatoms. The lowest BCUT2D eigenvalue weighted by Crippen LogP contribution is -2.32. The highest BCUT2D eigenvalue weighted by molar-refractivity contribution is 8.78. The molecule has 0 aliphatic heterocycles. The van der Waals surface area contributed by atoms with E-state index in [1.54, 1.807) is 33.3 Å². The first-order chi connectivity index (χ1) is 7.70. The van der Waals surface area contributed by atoms with Crippen LogP contribution in [0.15, 0.2) is 35.2 Å². The van der Waals surface area contributed by atoms with Crippen molar-refractivity contribution in [3.05, 3.63) is 30.3 Å². The van der Waals surface area contributed by atoms with Crippen LogP contribution in [0.4, 0.5) is 0 Å². The predicted molar refractivity (Wildman–Crippen MR) is 72.8 cm³/mol.